The largest absolute Gasteiger partial charge is 0.497 e. The van der Waals surface area contributed by atoms with Crippen molar-refractivity contribution in [1.29, 1.82) is 0 Å². The van der Waals surface area contributed by atoms with Gasteiger partial charge in [0.05, 0.1) is 13.7 Å². The van der Waals surface area contributed by atoms with Gasteiger partial charge in [-0.15, -0.1) is 0 Å². The van der Waals surface area contributed by atoms with E-state index < -0.39 is 0 Å². The molecule has 0 spiro atoms. The minimum atomic E-state index is 0.673. The molecule has 0 aromatic heterocycles. The van der Waals surface area contributed by atoms with Crippen molar-refractivity contribution in [3.8, 4) is 5.75 Å². The molecule has 2 heteroatoms. The van der Waals surface area contributed by atoms with Crippen molar-refractivity contribution in [2.75, 3.05) is 13.7 Å². The number of rotatable bonds is 3. The number of methoxy groups -OCH3 is 1. The topological polar surface area (TPSA) is 18.5 Å². The number of ether oxygens (including phenoxy) is 2. The number of allylic oxidation sites excluding steroid dienone is 2. The van der Waals surface area contributed by atoms with Crippen LogP contribution in [-0.2, 0) is 4.74 Å². The molecule has 1 aliphatic heterocycles. The average Bonchev–Trinajstić information content (AvgIpc) is 3.05. The molecule has 0 bridgehead atoms. The Balaban J connectivity index is 1.81. The van der Waals surface area contributed by atoms with Crippen LogP contribution in [0.4, 0.5) is 0 Å². The molecule has 29 heavy (non-hydrogen) atoms. The van der Waals surface area contributed by atoms with Crippen molar-refractivity contribution in [3.05, 3.63) is 102 Å². The molecule has 1 aliphatic rings. The van der Waals surface area contributed by atoms with Crippen LogP contribution in [0.25, 0.3) is 32.9 Å². The van der Waals surface area contributed by atoms with Crippen LogP contribution < -0.4 is 4.74 Å². The first-order valence-corrected chi connectivity index (χ1v) is 9.94. The van der Waals surface area contributed by atoms with Crippen LogP contribution in [0, 0.1) is 0 Å². The van der Waals surface area contributed by atoms with E-state index in [-0.39, 0.29) is 0 Å². The monoisotopic (exact) mass is 378 g/mol. The van der Waals surface area contributed by atoms with E-state index in [0.29, 0.717) is 6.61 Å². The van der Waals surface area contributed by atoms with Gasteiger partial charge in [-0.1, -0.05) is 72.8 Å². The van der Waals surface area contributed by atoms with Crippen LogP contribution in [0.1, 0.15) is 17.5 Å². The number of benzene rings is 4. The standard InChI is InChI=1S/C27H22O2/c1-28-21-15-13-19(14-16-21)23-10-6-7-17-29-27(23)26-18-20-8-2-3-9-22(20)24-11-4-5-12-25(24)26/h2-6,8-16,18H,7,17H2,1H3. The van der Waals surface area contributed by atoms with Gasteiger partial charge >= 0.3 is 0 Å². The van der Waals surface area contributed by atoms with Gasteiger partial charge in [-0.3, -0.25) is 0 Å². The lowest BCUT2D eigenvalue weighted by atomic mass is 9.93. The summed E-state index contributed by atoms with van der Waals surface area (Å²) in [4.78, 5) is 0. The molecule has 0 aliphatic carbocycles. The molecular weight excluding hydrogens is 356 g/mol. The summed E-state index contributed by atoms with van der Waals surface area (Å²) in [5.74, 6) is 1.79. The molecule has 5 rings (SSSR count). The summed E-state index contributed by atoms with van der Waals surface area (Å²) < 4.78 is 11.7. The van der Waals surface area contributed by atoms with Crippen molar-refractivity contribution in [2.24, 2.45) is 0 Å². The predicted octanol–water partition coefficient (Wildman–Crippen LogP) is 6.85. The third-order valence-electron chi connectivity index (χ3n) is 5.47. The third-order valence-corrected chi connectivity index (χ3v) is 5.47. The average molecular weight is 378 g/mol. The molecule has 0 fully saturated rings. The number of hydrogen-bond donors (Lipinski definition) is 0. The van der Waals surface area contributed by atoms with Crippen LogP contribution in [0.15, 0.2) is 91.0 Å². The summed E-state index contributed by atoms with van der Waals surface area (Å²) in [5, 5.41) is 4.95. The van der Waals surface area contributed by atoms with Crippen LogP contribution in [0.3, 0.4) is 0 Å². The first-order chi connectivity index (χ1) is 14.3. The summed E-state index contributed by atoms with van der Waals surface area (Å²) in [7, 11) is 1.69. The third kappa shape index (κ3) is 3.17. The molecule has 2 nitrogen and oxygen atoms in total. The smallest absolute Gasteiger partial charge is 0.134 e. The summed E-state index contributed by atoms with van der Waals surface area (Å²) in [5.41, 5.74) is 3.36. The Labute approximate surface area is 170 Å². The highest BCUT2D eigenvalue weighted by Gasteiger charge is 2.17. The van der Waals surface area contributed by atoms with Gasteiger partial charge in [0, 0.05) is 11.1 Å². The second-order valence-corrected chi connectivity index (χ2v) is 7.20. The summed E-state index contributed by atoms with van der Waals surface area (Å²) in [6, 6.07) is 27.6. The zero-order valence-corrected chi connectivity index (χ0v) is 16.4. The van der Waals surface area contributed by atoms with Crippen molar-refractivity contribution in [3.63, 3.8) is 0 Å². The minimum absolute atomic E-state index is 0.673. The number of fused-ring (bicyclic) bond motifs is 3. The SMILES string of the molecule is COc1ccc(C2=C(c3cc4ccccc4c4ccccc34)OCCC=C2)cc1. The van der Waals surface area contributed by atoms with E-state index in [1.165, 1.54) is 21.5 Å². The molecule has 1 heterocycles. The Morgan fingerprint density at radius 1 is 0.793 bits per heavy atom. The van der Waals surface area contributed by atoms with E-state index in [0.717, 1.165) is 34.6 Å². The molecule has 0 saturated carbocycles. The highest BCUT2D eigenvalue weighted by atomic mass is 16.5. The predicted molar refractivity (Wildman–Crippen MR) is 121 cm³/mol. The molecule has 0 unspecified atom stereocenters. The molecule has 4 aromatic rings. The van der Waals surface area contributed by atoms with Crippen LogP contribution in [-0.4, -0.2) is 13.7 Å². The summed E-state index contributed by atoms with van der Waals surface area (Å²) in [6.07, 6.45) is 5.28. The quantitative estimate of drug-likeness (QED) is 0.363. The Kier molecular flexibility index (Phi) is 4.53. The van der Waals surface area contributed by atoms with Gasteiger partial charge in [0.2, 0.25) is 0 Å². The molecule has 0 saturated heterocycles. The molecule has 142 valence electrons. The fourth-order valence-corrected chi connectivity index (χ4v) is 4.05. The first-order valence-electron chi connectivity index (χ1n) is 9.94. The molecule has 0 atom stereocenters. The molecule has 0 amide bonds. The Morgan fingerprint density at radius 3 is 2.31 bits per heavy atom. The van der Waals surface area contributed by atoms with Gasteiger partial charge in [0.15, 0.2) is 0 Å². The van der Waals surface area contributed by atoms with E-state index >= 15 is 0 Å². The lowest BCUT2D eigenvalue weighted by Gasteiger charge is -2.17. The Hall–Kier alpha value is -3.52. The maximum Gasteiger partial charge on any atom is 0.134 e. The molecule has 4 aromatic carbocycles. The van der Waals surface area contributed by atoms with Crippen molar-refractivity contribution < 1.29 is 9.47 Å². The first kappa shape index (κ1) is 17.6. The van der Waals surface area contributed by atoms with Crippen LogP contribution in [0.5, 0.6) is 5.75 Å². The van der Waals surface area contributed by atoms with Gasteiger partial charge < -0.3 is 9.47 Å². The zero-order chi connectivity index (χ0) is 19.6. The van der Waals surface area contributed by atoms with Crippen molar-refractivity contribution in [2.45, 2.75) is 6.42 Å². The van der Waals surface area contributed by atoms with E-state index in [2.05, 4.69) is 78.9 Å². The normalized spacial score (nSPS) is 14.1. The Bertz CT molecular complexity index is 1250. The van der Waals surface area contributed by atoms with Crippen molar-refractivity contribution >= 4 is 32.9 Å². The summed E-state index contributed by atoms with van der Waals surface area (Å²) in [6.45, 7) is 0.673. The van der Waals surface area contributed by atoms with E-state index in [1.54, 1.807) is 7.11 Å². The second kappa shape index (κ2) is 7.48. The fourth-order valence-electron chi connectivity index (χ4n) is 4.05. The fraction of sp³-hybridized carbons (Fsp3) is 0.111. The minimum Gasteiger partial charge on any atom is -0.497 e. The van der Waals surface area contributed by atoms with E-state index in [1.807, 2.05) is 12.1 Å². The molecule has 0 radical (unpaired) electrons. The van der Waals surface area contributed by atoms with Gasteiger partial charge in [-0.05, 0) is 51.7 Å². The lowest BCUT2D eigenvalue weighted by Crippen LogP contribution is -1.98. The lowest BCUT2D eigenvalue weighted by molar-refractivity contribution is 0.287. The zero-order valence-electron chi connectivity index (χ0n) is 16.4. The van der Waals surface area contributed by atoms with Gasteiger partial charge in [-0.25, -0.2) is 0 Å². The van der Waals surface area contributed by atoms with E-state index in [9.17, 15) is 0 Å². The maximum atomic E-state index is 6.36. The van der Waals surface area contributed by atoms with Crippen LogP contribution >= 0.6 is 0 Å². The number of hydrogen-bond acceptors (Lipinski definition) is 2. The van der Waals surface area contributed by atoms with Gasteiger partial charge in [0.1, 0.15) is 11.5 Å². The second-order valence-electron chi connectivity index (χ2n) is 7.20. The maximum absolute atomic E-state index is 6.36. The summed E-state index contributed by atoms with van der Waals surface area (Å²) >= 11 is 0. The highest BCUT2D eigenvalue weighted by molar-refractivity contribution is 6.13. The Morgan fingerprint density at radius 2 is 1.52 bits per heavy atom. The van der Waals surface area contributed by atoms with E-state index in [4.69, 9.17) is 9.47 Å². The highest BCUT2D eigenvalue weighted by Crippen LogP contribution is 2.38. The van der Waals surface area contributed by atoms with Crippen molar-refractivity contribution in [1.82, 2.24) is 0 Å². The van der Waals surface area contributed by atoms with Gasteiger partial charge in [-0.2, -0.15) is 0 Å². The molecular formula is C27H22O2. The van der Waals surface area contributed by atoms with Crippen LogP contribution in [0.2, 0.25) is 0 Å². The van der Waals surface area contributed by atoms with Gasteiger partial charge in [0.25, 0.3) is 0 Å². The molecule has 0 N–H and O–H groups in total.